The van der Waals surface area contributed by atoms with Crippen LogP contribution >= 0.6 is 0 Å². The van der Waals surface area contributed by atoms with E-state index in [-0.39, 0.29) is 10.4 Å². The molecule has 154 valence electrons. The highest BCUT2D eigenvalue weighted by molar-refractivity contribution is 7.89. The van der Waals surface area contributed by atoms with E-state index < -0.39 is 10.0 Å². The largest absolute Gasteiger partial charge is 0.366 e. The van der Waals surface area contributed by atoms with Gasteiger partial charge in [0.05, 0.1) is 22.5 Å². The molecule has 0 bridgehead atoms. The summed E-state index contributed by atoms with van der Waals surface area (Å²) in [6.07, 6.45) is 3.34. The predicted octanol–water partition coefficient (Wildman–Crippen LogP) is 3.81. The molecule has 6 nitrogen and oxygen atoms in total. The van der Waals surface area contributed by atoms with Gasteiger partial charge in [-0.05, 0) is 69.9 Å². The molecular formula is C22H28N4O2S. The molecule has 7 heteroatoms. The Balaban J connectivity index is 1.85. The van der Waals surface area contributed by atoms with Gasteiger partial charge in [0.2, 0.25) is 10.0 Å². The van der Waals surface area contributed by atoms with Crippen LogP contribution in [0.1, 0.15) is 44.5 Å². The van der Waals surface area contributed by atoms with E-state index in [1.165, 1.54) is 6.42 Å². The molecule has 2 N–H and O–H groups in total. The van der Waals surface area contributed by atoms with Crippen molar-refractivity contribution in [3.63, 3.8) is 0 Å². The molecule has 0 radical (unpaired) electrons. The molecule has 3 aromatic rings. The number of primary sulfonamides is 1. The van der Waals surface area contributed by atoms with Crippen LogP contribution < -0.4 is 10.0 Å². The van der Waals surface area contributed by atoms with E-state index in [0.717, 1.165) is 47.5 Å². The normalized spacial score (nSPS) is 17.0. The van der Waals surface area contributed by atoms with Gasteiger partial charge in [-0.2, -0.15) is 0 Å². The van der Waals surface area contributed by atoms with Crippen molar-refractivity contribution in [2.24, 2.45) is 5.14 Å². The first-order chi connectivity index (χ1) is 13.7. The Morgan fingerprint density at radius 3 is 2.62 bits per heavy atom. The zero-order valence-corrected chi connectivity index (χ0v) is 18.0. The number of anilines is 1. The lowest BCUT2D eigenvalue weighted by atomic mass is 9.89. The fourth-order valence-corrected chi connectivity index (χ4v) is 4.92. The van der Waals surface area contributed by atoms with Gasteiger partial charge in [-0.15, -0.1) is 0 Å². The Morgan fingerprint density at radius 2 is 1.90 bits per heavy atom. The van der Waals surface area contributed by atoms with Crippen LogP contribution in [0.15, 0.2) is 47.4 Å². The number of fused-ring (bicyclic) bond motifs is 1. The summed E-state index contributed by atoms with van der Waals surface area (Å²) in [4.78, 5) is 7.17. The van der Waals surface area contributed by atoms with Crippen molar-refractivity contribution in [2.45, 2.75) is 57.0 Å². The average Bonchev–Trinajstić information content (AvgIpc) is 2.96. The molecule has 1 aromatic heterocycles. The number of rotatable bonds is 4. The maximum Gasteiger partial charge on any atom is 0.238 e. The standard InChI is InChI=1S/C22H28N4O2S/c1-16-24-19-8-4-5-9-20(19)25(16)15-17-10-11-18(29(23,27)28)14-21(17)26-13-7-6-12-22(26,2)3/h4-5,8-11,14H,6-7,12-13,15H2,1-3H3,(H2,23,27,28). The van der Waals surface area contributed by atoms with Gasteiger partial charge in [-0.25, -0.2) is 18.5 Å². The van der Waals surface area contributed by atoms with E-state index in [0.29, 0.717) is 6.54 Å². The van der Waals surface area contributed by atoms with Crippen molar-refractivity contribution in [3.8, 4) is 0 Å². The van der Waals surface area contributed by atoms with Crippen molar-refractivity contribution in [3.05, 3.63) is 53.9 Å². The SMILES string of the molecule is Cc1nc2ccccc2n1Cc1ccc(S(N)(=O)=O)cc1N1CCCCC1(C)C. The number of aryl methyl sites for hydroxylation is 1. The number of aromatic nitrogens is 2. The van der Waals surface area contributed by atoms with E-state index in [2.05, 4.69) is 34.4 Å². The second-order valence-corrected chi connectivity index (χ2v) is 10.1. The van der Waals surface area contributed by atoms with E-state index in [1.54, 1.807) is 12.1 Å². The second-order valence-electron chi connectivity index (χ2n) is 8.49. The molecular weight excluding hydrogens is 384 g/mol. The van der Waals surface area contributed by atoms with Gasteiger partial charge in [0.25, 0.3) is 0 Å². The highest BCUT2D eigenvalue weighted by Crippen LogP contribution is 2.36. The summed E-state index contributed by atoms with van der Waals surface area (Å²) in [7, 11) is -3.77. The van der Waals surface area contributed by atoms with Crippen LogP contribution in [0.5, 0.6) is 0 Å². The van der Waals surface area contributed by atoms with Gasteiger partial charge in [0, 0.05) is 17.8 Å². The Labute approximate surface area is 172 Å². The Kier molecular flexibility index (Phi) is 4.91. The third-order valence-corrected chi connectivity index (χ3v) is 6.91. The van der Waals surface area contributed by atoms with Gasteiger partial charge >= 0.3 is 0 Å². The third kappa shape index (κ3) is 3.76. The fourth-order valence-electron chi connectivity index (χ4n) is 4.38. The molecule has 0 spiro atoms. The van der Waals surface area contributed by atoms with Crippen LogP contribution in [0.2, 0.25) is 0 Å². The van der Waals surface area contributed by atoms with Gasteiger partial charge in [-0.3, -0.25) is 0 Å². The quantitative estimate of drug-likeness (QED) is 0.706. The molecule has 1 fully saturated rings. The van der Waals surface area contributed by atoms with Crippen LogP contribution in [-0.4, -0.2) is 30.1 Å². The minimum atomic E-state index is -3.77. The number of nitrogens with zero attached hydrogens (tertiary/aromatic N) is 3. The molecule has 0 unspecified atom stereocenters. The third-order valence-electron chi connectivity index (χ3n) is 6.00. The lowest BCUT2D eigenvalue weighted by Gasteiger charge is -2.45. The first-order valence-corrected chi connectivity index (χ1v) is 11.6. The zero-order valence-electron chi connectivity index (χ0n) is 17.2. The average molecular weight is 413 g/mol. The molecule has 0 atom stereocenters. The Bertz CT molecular complexity index is 1160. The maximum atomic E-state index is 12.0. The number of hydrogen-bond donors (Lipinski definition) is 1. The molecule has 1 aliphatic rings. The van der Waals surface area contributed by atoms with E-state index in [9.17, 15) is 8.42 Å². The van der Waals surface area contributed by atoms with E-state index in [4.69, 9.17) is 5.14 Å². The number of hydrogen-bond acceptors (Lipinski definition) is 4. The number of sulfonamides is 1. The molecule has 29 heavy (non-hydrogen) atoms. The van der Waals surface area contributed by atoms with Crippen LogP contribution in [0.4, 0.5) is 5.69 Å². The number of nitrogens with two attached hydrogens (primary N) is 1. The summed E-state index contributed by atoms with van der Waals surface area (Å²) in [5.74, 6) is 0.936. The van der Waals surface area contributed by atoms with Crippen LogP contribution in [-0.2, 0) is 16.6 Å². The molecule has 2 aromatic carbocycles. The van der Waals surface area contributed by atoms with Gasteiger partial charge < -0.3 is 9.47 Å². The van der Waals surface area contributed by atoms with E-state index >= 15 is 0 Å². The molecule has 0 amide bonds. The molecule has 1 aliphatic heterocycles. The van der Waals surface area contributed by atoms with Crippen molar-refractivity contribution < 1.29 is 8.42 Å². The highest BCUT2D eigenvalue weighted by Gasteiger charge is 2.31. The summed E-state index contributed by atoms with van der Waals surface area (Å²) < 4.78 is 26.2. The van der Waals surface area contributed by atoms with Crippen molar-refractivity contribution in [2.75, 3.05) is 11.4 Å². The van der Waals surface area contributed by atoms with Crippen molar-refractivity contribution in [1.29, 1.82) is 0 Å². The number of imidazole rings is 1. The molecule has 2 heterocycles. The number of para-hydroxylation sites is 2. The minimum Gasteiger partial charge on any atom is -0.366 e. The Morgan fingerprint density at radius 1 is 1.14 bits per heavy atom. The lowest BCUT2D eigenvalue weighted by molar-refractivity contribution is 0.360. The summed E-state index contributed by atoms with van der Waals surface area (Å²) in [5.41, 5.74) is 4.00. The molecule has 0 saturated carbocycles. The van der Waals surface area contributed by atoms with Crippen LogP contribution in [0, 0.1) is 6.92 Å². The summed E-state index contributed by atoms with van der Waals surface area (Å²) in [5, 5.41) is 5.45. The smallest absolute Gasteiger partial charge is 0.238 e. The first-order valence-electron chi connectivity index (χ1n) is 10.0. The topological polar surface area (TPSA) is 81.2 Å². The fraction of sp³-hybridized carbons (Fsp3) is 0.409. The molecule has 0 aliphatic carbocycles. The van der Waals surface area contributed by atoms with Gasteiger partial charge in [0.1, 0.15) is 5.82 Å². The maximum absolute atomic E-state index is 12.0. The van der Waals surface area contributed by atoms with Crippen molar-refractivity contribution >= 4 is 26.7 Å². The molecule has 1 saturated heterocycles. The summed E-state index contributed by atoms with van der Waals surface area (Å²) in [6, 6.07) is 13.3. The van der Waals surface area contributed by atoms with Gasteiger partial charge in [-0.1, -0.05) is 18.2 Å². The summed E-state index contributed by atoms with van der Waals surface area (Å²) >= 11 is 0. The lowest BCUT2D eigenvalue weighted by Crippen LogP contribution is -2.48. The van der Waals surface area contributed by atoms with E-state index in [1.807, 2.05) is 31.2 Å². The van der Waals surface area contributed by atoms with Crippen LogP contribution in [0.25, 0.3) is 11.0 Å². The highest BCUT2D eigenvalue weighted by atomic mass is 32.2. The van der Waals surface area contributed by atoms with Gasteiger partial charge in [0.15, 0.2) is 0 Å². The minimum absolute atomic E-state index is 0.0456. The predicted molar refractivity (Wildman–Crippen MR) is 117 cm³/mol. The number of piperidine rings is 1. The Hall–Kier alpha value is -2.38. The molecule has 4 rings (SSSR count). The monoisotopic (exact) mass is 412 g/mol. The second kappa shape index (κ2) is 7.15. The first kappa shape index (κ1) is 19.9. The van der Waals surface area contributed by atoms with Crippen molar-refractivity contribution in [1.82, 2.24) is 9.55 Å². The number of benzene rings is 2. The zero-order chi connectivity index (χ0) is 20.8. The van der Waals surface area contributed by atoms with Crippen LogP contribution in [0.3, 0.4) is 0 Å². The summed E-state index contributed by atoms with van der Waals surface area (Å²) in [6.45, 7) is 7.97.